The van der Waals surface area contributed by atoms with Gasteiger partial charge in [-0.2, -0.15) is 4.31 Å². The third kappa shape index (κ3) is 4.54. The van der Waals surface area contributed by atoms with Gasteiger partial charge >= 0.3 is 0 Å². The first kappa shape index (κ1) is 18.9. The molecule has 1 aliphatic rings. The second-order valence-electron chi connectivity index (χ2n) is 6.24. The van der Waals surface area contributed by atoms with Gasteiger partial charge in [0.25, 0.3) is 0 Å². The normalized spacial score (nSPS) is 19.2. The molecule has 7 heteroatoms. The van der Waals surface area contributed by atoms with Crippen LogP contribution in [0.1, 0.15) is 43.7 Å². The molecule has 1 aliphatic heterocycles. The Balaban J connectivity index is 2.04. The molecule has 24 heavy (non-hydrogen) atoms. The number of hydrogen-bond donors (Lipinski definition) is 1. The Bertz CT molecular complexity index is 691. The molecule has 0 spiro atoms. The first-order valence-electron chi connectivity index (χ1n) is 8.37. The summed E-state index contributed by atoms with van der Waals surface area (Å²) in [5.41, 5.74) is 1.31. The van der Waals surface area contributed by atoms with Gasteiger partial charge in [-0.3, -0.25) is 4.79 Å². The van der Waals surface area contributed by atoms with Crippen molar-refractivity contribution in [2.45, 2.75) is 52.1 Å². The second-order valence-corrected chi connectivity index (χ2v) is 8.28. The van der Waals surface area contributed by atoms with Crippen molar-refractivity contribution in [1.29, 1.82) is 0 Å². The Labute approximate surface area is 143 Å². The smallest absolute Gasteiger partial charge is 0.238 e. The number of piperidine rings is 1. The molecule has 5 nitrogen and oxygen atoms in total. The minimum absolute atomic E-state index is 0.0634. The standard InChI is InChI=1S/C17H25FN2O3S/c1-3-10-24(22,23)20-9-5-4-6-16(20)17(21)19-12-14-7-8-15(18)13(2)11-14/h7-8,11,16H,3-6,9-10,12H2,1-2H3,(H,19,21). The molecule has 1 atom stereocenters. The van der Waals surface area contributed by atoms with Gasteiger partial charge in [0.05, 0.1) is 5.75 Å². The monoisotopic (exact) mass is 356 g/mol. The lowest BCUT2D eigenvalue weighted by molar-refractivity contribution is -0.125. The summed E-state index contributed by atoms with van der Waals surface area (Å²) in [6.07, 6.45) is 2.69. The maximum Gasteiger partial charge on any atom is 0.238 e. The summed E-state index contributed by atoms with van der Waals surface area (Å²) in [5.74, 6) is -0.501. The Morgan fingerprint density at radius 2 is 2.12 bits per heavy atom. The molecule has 1 fully saturated rings. The molecule has 1 aromatic carbocycles. The fourth-order valence-corrected chi connectivity index (χ4v) is 4.75. The number of carbonyl (C=O) groups is 1. The first-order valence-corrected chi connectivity index (χ1v) is 9.98. The molecule has 1 N–H and O–H groups in total. The van der Waals surface area contributed by atoms with E-state index in [1.807, 2.05) is 6.92 Å². The van der Waals surface area contributed by atoms with Crippen molar-refractivity contribution >= 4 is 15.9 Å². The van der Waals surface area contributed by atoms with Crippen LogP contribution >= 0.6 is 0 Å². The number of sulfonamides is 1. The zero-order valence-electron chi connectivity index (χ0n) is 14.2. The van der Waals surface area contributed by atoms with Gasteiger partial charge in [0.1, 0.15) is 11.9 Å². The number of benzene rings is 1. The van der Waals surface area contributed by atoms with Gasteiger partial charge in [-0.25, -0.2) is 12.8 Å². The maximum atomic E-state index is 13.3. The molecular weight excluding hydrogens is 331 g/mol. The van der Waals surface area contributed by atoms with Crippen molar-refractivity contribution in [1.82, 2.24) is 9.62 Å². The fourth-order valence-electron chi connectivity index (χ4n) is 3.00. The number of rotatable bonds is 6. The van der Waals surface area contributed by atoms with Gasteiger partial charge < -0.3 is 5.32 Å². The topological polar surface area (TPSA) is 66.5 Å². The highest BCUT2D eigenvalue weighted by atomic mass is 32.2. The van der Waals surface area contributed by atoms with Crippen LogP contribution < -0.4 is 5.32 Å². The number of nitrogens with zero attached hydrogens (tertiary/aromatic N) is 1. The largest absolute Gasteiger partial charge is 0.351 e. The molecule has 0 aromatic heterocycles. The quantitative estimate of drug-likeness (QED) is 0.851. The van der Waals surface area contributed by atoms with Gasteiger partial charge in [0.2, 0.25) is 15.9 Å². The van der Waals surface area contributed by atoms with Crippen LogP contribution in [0.4, 0.5) is 4.39 Å². The van der Waals surface area contributed by atoms with Crippen molar-refractivity contribution in [3.8, 4) is 0 Å². The van der Waals surface area contributed by atoms with Crippen molar-refractivity contribution in [3.63, 3.8) is 0 Å². The molecule has 1 unspecified atom stereocenters. The molecule has 1 aromatic rings. The summed E-state index contributed by atoms with van der Waals surface area (Å²) in [6, 6.07) is 4.03. The summed E-state index contributed by atoms with van der Waals surface area (Å²) in [6.45, 7) is 4.14. The summed E-state index contributed by atoms with van der Waals surface area (Å²) >= 11 is 0. The van der Waals surface area contributed by atoms with Crippen molar-refractivity contribution in [2.24, 2.45) is 0 Å². The molecule has 2 rings (SSSR count). The lowest BCUT2D eigenvalue weighted by Gasteiger charge is -2.33. The van der Waals surface area contributed by atoms with E-state index in [2.05, 4.69) is 5.32 Å². The van der Waals surface area contributed by atoms with Gasteiger partial charge in [0.15, 0.2) is 0 Å². The Kier molecular flexibility index (Phi) is 6.34. The van der Waals surface area contributed by atoms with Gasteiger partial charge in [-0.15, -0.1) is 0 Å². The van der Waals surface area contributed by atoms with Crippen LogP contribution in [0.3, 0.4) is 0 Å². The summed E-state index contributed by atoms with van der Waals surface area (Å²) < 4.78 is 39.4. The minimum Gasteiger partial charge on any atom is -0.351 e. The number of carbonyl (C=O) groups excluding carboxylic acids is 1. The number of amides is 1. The predicted octanol–water partition coefficient (Wildman–Crippen LogP) is 2.34. The fraction of sp³-hybridized carbons (Fsp3) is 0.588. The van der Waals surface area contributed by atoms with E-state index in [-0.39, 0.29) is 24.0 Å². The molecule has 0 radical (unpaired) electrons. The summed E-state index contributed by atoms with van der Waals surface area (Å²) in [4.78, 5) is 12.5. The van der Waals surface area contributed by atoms with Gasteiger partial charge in [-0.05, 0) is 43.4 Å². The number of nitrogens with one attached hydrogen (secondary N) is 1. The Hall–Kier alpha value is -1.47. The lowest BCUT2D eigenvalue weighted by atomic mass is 10.0. The van der Waals surface area contributed by atoms with E-state index in [1.165, 1.54) is 10.4 Å². The van der Waals surface area contributed by atoms with Gasteiger partial charge in [-0.1, -0.05) is 25.5 Å². The average Bonchev–Trinajstić information content (AvgIpc) is 2.55. The van der Waals surface area contributed by atoms with Crippen molar-refractivity contribution in [3.05, 3.63) is 35.1 Å². The van der Waals surface area contributed by atoms with Crippen LogP contribution in [0.25, 0.3) is 0 Å². The van der Waals surface area contributed by atoms with Crippen LogP contribution in [0, 0.1) is 12.7 Å². The third-order valence-electron chi connectivity index (χ3n) is 4.26. The Morgan fingerprint density at radius 3 is 2.79 bits per heavy atom. The Morgan fingerprint density at radius 1 is 1.38 bits per heavy atom. The van der Waals surface area contributed by atoms with E-state index in [0.717, 1.165) is 18.4 Å². The summed E-state index contributed by atoms with van der Waals surface area (Å²) in [7, 11) is -3.40. The first-order chi connectivity index (χ1) is 11.3. The summed E-state index contributed by atoms with van der Waals surface area (Å²) in [5, 5.41) is 2.79. The second kappa shape index (κ2) is 8.07. The average molecular weight is 356 g/mol. The van der Waals surface area contributed by atoms with Gasteiger partial charge in [0, 0.05) is 13.1 Å². The zero-order chi connectivity index (χ0) is 17.7. The van der Waals surface area contributed by atoms with Crippen molar-refractivity contribution in [2.75, 3.05) is 12.3 Å². The van der Waals surface area contributed by atoms with E-state index in [1.54, 1.807) is 19.1 Å². The van der Waals surface area contributed by atoms with Crippen LogP contribution in [-0.4, -0.2) is 37.0 Å². The predicted molar refractivity (Wildman–Crippen MR) is 91.4 cm³/mol. The molecule has 1 amide bonds. The van der Waals surface area contributed by atoms with Crippen LogP contribution in [0.5, 0.6) is 0 Å². The third-order valence-corrected chi connectivity index (χ3v) is 6.34. The zero-order valence-corrected chi connectivity index (χ0v) is 15.0. The van der Waals surface area contributed by atoms with E-state index >= 15 is 0 Å². The van der Waals surface area contributed by atoms with Crippen LogP contribution in [0.2, 0.25) is 0 Å². The molecule has 0 saturated carbocycles. The van der Waals surface area contributed by atoms with E-state index in [4.69, 9.17) is 0 Å². The number of hydrogen-bond acceptors (Lipinski definition) is 3. The number of aryl methyl sites for hydroxylation is 1. The highest BCUT2D eigenvalue weighted by molar-refractivity contribution is 7.89. The van der Waals surface area contributed by atoms with Crippen LogP contribution in [0.15, 0.2) is 18.2 Å². The number of halogens is 1. The lowest BCUT2D eigenvalue weighted by Crippen LogP contribution is -2.52. The molecule has 0 aliphatic carbocycles. The molecular formula is C17H25FN2O3S. The highest BCUT2D eigenvalue weighted by Gasteiger charge is 2.35. The SMILES string of the molecule is CCCS(=O)(=O)N1CCCCC1C(=O)NCc1ccc(F)c(C)c1. The molecule has 134 valence electrons. The van der Waals surface area contributed by atoms with E-state index in [0.29, 0.717) is 24.9 Å². The highest BCUT2D eigenvalue weighted by Crippen LogP contribution is 2.21. The van der Waals surface area contributed by atoms with Crippen molar-refractivity contribution < 1.29 is 17.6 Å². The van der Waals surface area contributed by atoms with E-state index in [9.17, 15) is 17.6 Å². The molecule has 0 bridgehead atoms. The van der Waals surface area contributed by atoms with E-state index < -0.39 is 16.1 Å². The molecule has 1 saturated heterocycles. The minimum atomic E-state index is -3.40. The van der Waals surface area contributed by atoms with Crippen LogP contribution in [-0.2, 0) is 21.4 Å². The molecule has 1 heterocycles. The maximum absolute atomic E-state index is 13.3.